The van der Waals surface area contributed by atoms with E-state index in [0.29, 0.717) is 27.8 Å². The number of rotatable bonds is 1. The summed E-state index contributed by atoms with van der Waals surface area (Å²) < 4.78 is 12.0. The fourth-order valence-corrected chi connectivity index (χ4v) is 3.78. The molecule has 0 saturated heterocycles. The molecule has 1 unspecified atom stereocenters. The summed E-state index contributed by atoms with van der Waals surface area (Å²) in [6.45, 7) is 0. The lowest BCUT2D eigenvalue weighted by atomic mass is 10.1. The highest BCUT2D eigenvalue weighted by atomic mass is 35.5. The molecule has 1 aliphatic heterocycles. The first kappa shape index (κ1) is 12.1. The van der Waals surface area contributed by atoms with Gasteiger partial charge in [0.1, 0.15) is 0 Å². The molecule has 0 aliphatic carbocycles. The largest absolute Gasteiger partial charge is 0.254 e. The first-order chi connectivity index (χ1) is 8.66. The smallest absolute Gasteiger partial charge is 0.223 e. The van der Waals surface area contributed by atoms with Gasteiger partial charge in [-0.15, -0.1) is 0 Å². The van der Waals surface area contributed by atoms with Crippen LogP contribution in [0.4, 0.5) is 0 Å². The molecule has 3 rings (SSSR count). The van der Waals surface area contributed by atoms with E-state index in [4.69, 9.17) is 23.2 Å². The van der Waals surface area contributed by atoms with Crippen LogP contribution in [0.15, 0.2) is 29.2 Å². The summed E-state index contributed by atoms with van der Waals surface area (Å²) in [7, 11) is -1.07. The topological polar surface area (TPSA) is 42.9 Å². The molecule has 2 heterocycles. The van der Waals surface area contributed by atoms with Gasteiger partial charge in [0.2, 0.25) is 5.28 Å². The van der Waals surface area contributed by atoms with E-state index in [0.717, 1.165) is 11.3 Å². The van der Waals surface area contributed by atoms with Crippen molar-refractivity contribution in [3.8, 4) is 11.3 Å². The van der Waals surface area contributed by atoms with E-state index < -0.39 is 10.8 Å². The molecule has 1 aromatic heterocycles. The Labute approximate surface area is 117 Å². The van der Waals surface area contributed by atoms with Gasteiger partial charge in [0.15, 0.2) is 0 Å². The predicted molar refractivity (Wildman–Crippen MR) is 72.5 cm³/mol. The number of aryl methyl sites for hydroxylation is 1. The van der Waals surface area contributed by atoms with Crippen LogP contribution in [0, 0.1) is 0 Å². The van der Waals surface area contributed by atoms with E-state index in [2.05, 4.69) is 9.97 Å². The highest BCUT2D eigenvalue weighted by Crippen LogP contribution is 2.35. The molecule has 0 spiro atoms. The molecule has 1 aromatic carbocycles. The second-order valence-corrected chi connectivity index (χ2v) is 6.15. The van der Waals surface area contributed by atoms with E-state index in [1.54, 1.807) is 6.07 Å². The van der Waals surface area contributed by atoms with Crippen molar-refractivity contribution >= 4 is 34.0 Å². The SMILES string of the molecule is O=S1CCc2nc(Cl)nc(-c3ccccc3Cl)c21. The van der Waals surface area contributed by atoms with Crippen LogP contribution in [0.3, 0.4) is 0 Å². The van der Waals surface area contributed by atoms with Crippen LogP contribution in [-0.4, -0.2) is 19.9 Å². The standard InChI is InChI=1S/C12H8Cl2N2OS/c13-8-4-2-1-3-7(8)10-11-9(5-6-18(11)17)15-12(14)16-10/h1-4H,5-6H2. The van der Waals surface area contributed by atoms with Gasteiger partial charge in [-0.2, -0.15) is 0 Å². The number of hydrogen-bond acceptors (Lipinski definition) is 3. The lowest BCUT2D eigenvalue weighted by Crippen LogP contribution is -1.98. The number of aromatic nitrogens is 2. The first-order valence-electron chi connectivity index (χ1n) is 5.36. The Bertz CT molecular complexity index is 661. The lowest BCUT2D eigenvalue weighted by Gasteiger charge is -2.08. The summed E-state index contributed by atoms with van der Waals surface area (Å²) in [5.41, 5.74) is 2.10. The van der Waals surface area contributed by atoms with Crippen molar-refractivity contribution in [3.05, 3.63) is 40.3 Å². The summed E-state index contributed by atoms with van der Waals surface area (Å²) in [6, 6.07) is 7.32. The van der Waals surface area contributed by atoms with Gasteiger partial charge in [-0.25, -0.2) is 9.97 Å². The third kappa shape index (κ3) is 1.94. The van der Waals surface area contributed by atoms with Crippen molar-refractivity contribution in [1.82, 2.24) is 9.97 Å². The maximum absolute atomic E-state index is 12.0. The van der Waals surface area contributed by atoms with E-state index >= 15 is 0 Å². The number of benzene rings is 1. The zero-order valence-corrected chi connectivity index (χ0v) is 11.5. The molecule has 1 atom stereocenters. The number of hydrogen-bond donors (Lipinski definition) is 0. The second kappa shape index (κ2) is 4.61. The zero-order chi connectivity index (χ0) is 12.7. The van der Waals surface area contributed by atoms with Crippen molar-refractivity contribution in [2.45, 2.75) is 11.3 Å². The maximum Gasteiger partial charge on any atom is 0.223 e. The Balaban J connectivity index is 2.31. The Morgan fingerprint density at radius 3 is 2.72 bits per heavy atom. The fraction of sp³-hybridized carbons (Fsp3) is 0.167. The van der Waals surface area contributed by atoms with Gasteiger partial charge in [0.25, 0.3) is 0 Å². The fourth-order valence-electron chi connectivity index (χ4n) is 2.00. The molecule has 0 fully saturated rings. The average Bonchev–Trinajstić information content (AvgIpc) is 2.71. The van der Waals surface area contributed by atoms with Crippen LogP contribution >= 0.6 is 23.2 Å². The van der Waals surface area contributed by atoms with E-state index in [9.17, 15) is 4.21 Å². The van der Waals surface area contributed by atoms with Gasteiger partial charge >= 0.3 is 0 Å². The molecule has 0 radical (unpaired) electrons. The lowest BCUT2D eigenvalue weighted by molar-refractivity contribution is 0.685. The molecule has 6 heteroatoms. The molecule has 1 aliphatic rings. The van der Waals surface area contributed by atoms with Gasteiger partial charge in [0, 0.05) is 17.7 Å². The van der Waals surface area contributed by atoms with Gasteiger partial charge in [-0.1, -0.05) is 29.8 Å². The highest BCUT2D eigenvalue weighted by molar-refractivity contribution is 7.85. The molecule has 0 bridgehead atoms. The van der Waals surface area contributed by atoms with Crippen LogP contribution in [-0.2, 0) is 17.2 Å². The predicted octanol–water partition coefficient (Wildman–Crippen LogP) is 3.11. The number of nitrogens with zero attached hydrogens (tertiary/aromatic N) is 2. The molecule has 0 amide bonds. The third-order valence-electron chi connectivity index (χ3n) is 2.79. The molecular weight excluding hydrogens is 291 g/mol. The summed E-state index contributed by atoms with van der Waals surface area (Å²) >= 11 is 12.1. The van der Waals surface area contributed by atoms with Gasteiger partial charge in [-0.05, 0) is 17.7 Å². The van der Waals surface area contributed by atoms with Crippen molar-refractivity contribution in [2.75, 3.05) is 5.75 Å². The molecular formula is C12H8Cl2N2OS. The maximum atomic E-state index is 12.0. The molecule has 3 nitrogen and oxygen atoms in total. The van der Waals surface area contributed by atoms with Gasteiger partial charge in [-0.3, -0.25) is 4.21 Å². The van der Waals surface area contributed by atoms with Crippen LogP contribution in [0.2, 0.25) is 10.3 Å². The average molecular weight is 299 g/mol. The van der Waals surface area contributed by atoms with Crippen molar-refractivity contribution in [3.63, 3.8) is 0 Å². The van der Waals surface area contributed by atoms with Crippen molar-refractivity contribution < 1.29 is 4.21 Å². The quantitative estimate of drug-likeness (QED) is 0.760. The molecule has 0 saturated carbocycles. The van der Waals surface area contributed by atoms with E-state index in [1.165, 1.54) is 0 Å². The minimum absolute atomic E-state index is 0.169. The molecule has 0 N–H and O–H groups in total. The van der Waals surface area contributed by atoms with E-state index in [-0.39, 0.29) is 5.28 Å². The second-order valence-electron chi connectivity index (χ2n) is 3.90. The molecule has 2 aromatic rings. The van der Waals surface area contributed by atoms with Crippen LogP contribution < -0.4 is 0 Å². The minimum Gasteiger partial charge on any atom is -0.254 e. The van der Waals surface area contributed by atoms with Gasteiger partial charge < -0.3 is 0 Å². The van der Waals surface area contributed by atoms with Crippen LogP contribution in [0.25, 0.3) is 11.3 Å². The molecule has 92 valence electrons. The Morgan fingerprint density at radius 2 is 1.94 bits per heavy atom. The summed E-state index contributed by atoms with van der Waals surface area (Å²) in [4.78, 5) is 9.01. The monoisotopic (exact) mass is 298 g/mol. The zero-order valence-electron chi connectivity index (χ0n) is 9.19. The Morgan fingerprint density at radius 1 is 1.17 bits per heavy atom. The van der Waals surface area contributed by atoms with Crippen molar-refractivity contribution in [2.24, 2.45) is 0 Å². The normalized spacial score (nSPS) is 17.8. The van der Waals surface area contributed by atoms with E-state index in [1.807, 2.05) is 18.2 Å². The first-order valence-corrected chi connectivity index (χ1v) is 7.44. The minimum atomic E-state index is -1.07. The molecule has 18 heavy (non-hydrogen) atoms. The Kier molecular flexibility index (Phi) is 3.09. The summed E-state index contributed by atoms with van der Waals surface area (Å²) in [5.74, 6) is 0.571. The van der Waals surface area contributed by atoms with Gasteiger partial charge in [0.05, 0.1) is 32.1 Å². The number of halogens is 2. The van der Waals surface area contributed by atoms with Crippen molar-refractivity contribution in [1.29, 1.82) is 0 Å². The highest BCUT2D eigenvalue weighted by Gasteiger charge is 2.26. The third-order valence-corrected chi connectivity index (χ3v) is 4.75. The Hall–Kier alpha value is -0.970. The number of fused-ring (bicyclic) bond motifs is 1. The van der Waals surface area contributed by atoms with Crippen LogP contribution in [0.1, 0.15) is 5.69 Å². The summed E-state index contributed by atoms with van der Waals surface area (Å²) in [5, 5.41) is 0.737. The van der Waals surface area contributed by atoms with Crippen LogP contribution in [0.5, 0.6) is 0 Å². The summed E-state index contributed by atoms with van der Waals surface area (Å²) in [6.07, 6.45) is 0.668.